The lowest BCUT2D eigenvalue weighted by atomic mass is 9.98. The van der Waals surface area contributed by atoms with E-state index >= 15 is 0 Å². The minimum absolute atomic E-state index is 0.119. The molecule has 0 aliphatic carbocycles. The van der Waals surface area contributed by atoms with Gasteiger partial charge in [0.05, 0.1) is 11.9 Å². The molecule has 1 aliphatic heterocycles. The van der Waals surface area contributed by atoms with Gasteiger partial charge in [-0.25, -0.2) is 4.98 Å². The highest BCUT2D eigenvalue weighted by Crippen LogP contribution is 2.27. The zero-order chi connectivity index (χ0) is 18.3. The number of amides is 1. The first kappa shape index (κ1) is 16.5. The first-order valence-corrected chi connectivity index (χ1v) is 8.50. The average Bonchev–Trinajstić information content (AvgIpc) is 3.07. The number of ketones is 1. The second kappa shape index (κ2) is 6.38. The van der Waals surface area contributed by atoms with Gasteiger partial charge in [-0.15, -0.1) is 0 Å². The van der Waals surface area contributed by atoms with Gasteiger partial charge >= 0.3 is 0 Å². The van der Waals surface area contributed by atoms with E-state index in [4.69, 9.17) is 11.6 Å². The summed E-state index contributed by atoms with van der Waals surface area (Å²) in [7, 11) is 1.76. The Morgan fingerprint density at radius 3 is 2.85 bits per heavy atom. The minimum atomic E-state index is -0.233. The van der Waals surface area contributed by atoms with Crippen molar-refractivity contribution in [2.75, 3.05) is 11.4 Å². The topological polar surface area (TPSA) is 68.1 Å². The van der Waals surface area contributed by atoms with Gasteiger partial charge in [-0.2, -0.15) is 0 Å². The largest absolute Gasteiger partial charge is 0.331 e. The number of aryl methyl sites for hydroxylation is 1. The molecule has 26 heavy (non-hydrogen) atoms. The van der Waals surface area contributed by atoms with Gasteiger partial charge in [0, 0.05) is 48.3 Å². The summed E-state index contributed by atoms with van der Waals surface area (Å²) in [4.78, 5) is 35.4. The fourth-order valence-electron chi connectivity index (χ4n) is 3.12. The van der Waals surface area contributed by atoms with Gasteiger partial charge < -0.3 is 9.47 Å². The van der Waals surface area contributed by atoms with Crippen LogP contribution in [0, 0.1) is 0 Å². The number of anilines is 1. The van der Waals surface area contributed by atoms with E-state index < -0.39 is 0 Å². The van der Waals surface area contributed by atoms with Gasteiger partial charge in [0.25, 0.3) is 5.91 Å². The Morgan fingerprint density at radius 2 is 2.08 bits per heavy atom. The summed E-state index contributed by atoms with van der Waals surface area (Å²) in [5.74, 6) is -0.0243. The molecular formula is C19H15ClN4O2. The summed E-state index contributed by atoms with van der Waals surface area (Å²) in [6.45, 7) is 0.508. The first-order chi connectivity index (χ1) is 12.5. The van der Waals surface area contributed by atoms with Crippen LogP contribution < -0.4 is 4.90 Å². The molecular weight excluding hydrogens is 352 g/mol. The van der Waals surface area contributed by atoms with Crippen molar-refractivity contribution in [2.45, 2.75) is 6.42 Å². The maximum atomic E-state index is 12.8. The fraction of sp³-hybridized carbons (Fsp3) is 0.158. The lowest BCUT2D eigenvalue weighted by Crippen LogP contribution is -2.37. The molecule has 7 heteroatoms. The summed E-state index contributed by atoms with van der Waals surface area (Å²) < 4.78 is 1.65. The molecule has 0 atom stereocenters. The fourth-order valence-corrected chi connectivity index (χ4v) is 3.31. The van der Waals surface area contributed by atoms with Gasteiger partial charge in [-0.3, -0.25) is 14.6 Å². The third-order valence-corrected chi connectivity index (χ3v) is 4.70. The number of carbonyl (C=O) groups is 2. The van der Waals surface area contributed by atoms with Gasteiger partial charge in [-0.1, -0.05) is 11.6 Å². The van der Waals surface area contributed by atoms with Crippen molar-refractivity contribution in [3.63, 3.8) is 0 Å². The van der Waals surface area contributed by atoms with Crippen molar-refractivity contribution in [3.8, 4) is 0 Å². The molecule has 1 aromatic carbocycles. The molecule has 6 nitrogen and oxygen atoms in total. The van der Waals surface area contributed by atoms with Crippen LogP contribution in [0.4, 0.5) is 5.69 Å². The van der Waals surface area contributed by atoms with Crippen LogP contribution in [0.5, 0.6) is 0 Å². The van der Waals surface area contributed by atoms with Gasteiger partial charge in [0.2, 0.25) is 5.78 Å². The Bertz CT molecular complexity index is 1030. The number of pyridine rings is 1. The lowest BCUT2D eigenvalue weighted by molar-refractivity contribution is 0.0978. The van der Waals surface area contributed by atoms with E-state index in [1.54, 1.807) is 53.3 Å². The monoisotopic (exact) mass is 366 g/mol. The Morgan fingerprint density at radius 1 is 1.23 bits per heavy atom. The van der Waals surface area contributed by atoms with Crippen LogP contribution in [0.2, 0.25) is 5.02 Å². The molecule has 0 unspecified atom stereocenters. The third-order valence-electron chi connectivity index (χ3n) is 4.47. The molecule has 130 valence electrons. The van der Waals surface area contributed by atoms with E-state index in [9.17, 15) is 9.59 Å². The predicted molar refractivity (Wildman–Crippen MR) is 97.7 cm³/mol. The number of halogens is 1. The van der Waals surface area contributed by atoms with Crippen molar-refractivity contribution in [2.24, 2.45) is 7.05 Å². The van der Waals surface area contributed by atoms with Crippen LogP contribution in [-0.4, -0.2) is 32.8 Å². The van der Waals surface area contributed by atoms with E-state index in [0.29, 0.717) is 40.6 Å². The van der Waals surface area contributed by atoms with Crippen LogP contribution in [0.15, 0.2) is 49.1 Å². The van der Waals surface area contributed by atoms with Crippen molar-refractivity contribution < 1.29 is 9.59 Å². The molecule has 0 saturated heterocycles. The van der Waals surface area contributed by atoms with Crippen LogP contribution in [-0.2, 0) is 13.5 Å². The standard InChI is InChI=1S/C19H15ClN4O2/c1-23-7-5-22-18(23)17(25)13-9-15(11-21-10-13)24-6-4-12-8-14(20)2-3-16(12)19(24)26/h2-3,5,7-11H,4,6H2,1H3. The molecule has 0 N–H and O–H groups in total. The zero-order valence-corrected chi connectivity index (χ0v) is 14.8. The molecule has 0 saturated carbocycles. The summed E-state index contributed by atoms with van der Waals surface area (Å²) in [5.41, 5.74) is 2.55. The Labute approximate surface area is 155 Å². The Hall–Kier alpha value is -2.99. The third kappa shape index (κ3) is 2.78. The summed E-state index contributed by atoms with van der Waals surface area (Å²) in [6, 6.07) is 6.96. The summed E-state index contributed by atoms with van der Waals surface area (Å²) in [6.07, 6.45) is 7.05. The van der Waals surface area contributed by atoms with E-state index in [-0.39, 0.29) is 11.7 Å². The van der Waals surface area contributed by atoms with Crippen LogP contribution in [0.1, 0.15) is 32.1 Å². The second-order valence-corrected chi connectivity index (χ2v) is 6.57. The van der Waals surface area contributed by atoms with Gasteiger partial charge in [0.1, 0.15) is 0 Å². The second-order valence-electron chi connectivity index (χ2n) is 6.13. The average molecular weight is 367 g/mol. The number of aromatic nitrogens is 3. The van der Waals surface area contributed by atoms with Gasteiger partial charge in [-0.05, 0) is 36.2 Å². The maximum absolute atomic E-state index is 12.8. The predicted octanol–water partition coefficient (Wildman–Crippen LogP) is 2.90. The summed E-state index contributed by atoms with van der Waals surface area (Å²) in [5, 5.41) is 0.620. The van der Waals surface area contributed by atoms with Crippen molar-refractivity contribution in [1.82, 2.24) is 14.5 Å². The molecule has 0 spiro atoms. The Kier molecular flexibility index (Phi) is 4.05. The molecule has 2 aromatic heterocycles. The number of nitrogens with zero attached hydrogens (tertiary/aromatic N) is 4. The van der Waals surface area contributed by atoms with E-state index in [2.05, 4.69) is 9.97 Å². The zero-order valence-electron chi connectivity index (χ0n) is 14.0. The van der Waals surface area contributed by atoms with Crippen LogP contribution in [0.25, 0.3) is 0 Å². The normalized spacial score (nSPS) is 13.6. The Balaban J connectivity index is 1.67. The number of rotatable bonds is 3. The first-order valence-electron chi connectivity index (χ1n) is 8.12. The van der Waals surface area contributed by atoms with Crippen molar-refractivity contribution in [3.05, 3.63) is 76.6 Å². The molecule has 4 rings (SSSR count). The van der Waals surface area contributed by atoms with Crippen LogP contribution >= 0.6 is 11.6 Å². The molecule has 1 amide bonds. The minimum Gasteiger partial charge on any atom is -0.331 e. The van der Waals surface area contributed by atoms with Crippen molar-refractivity contribution >= 4 is 29.0 Å². The molecule has 3 aromatic rings. The molecule has 3 heterocycles. The van der Waals surface area contributed by atoms with Gasteiger partial charge in [0.15, 0.2) is 5.82 Å². The van der Waals surface area contributed by atoms with E-state index in [1.165, 1.54) is 6.20 Å². The molecule has 1 aliphatic rings. The van der Waals surface area contributed by atoms with Crippen molar-refractivity contribution in [1.29, 1.82) is 0 Å². The number of fused-ring (bicyclic) bond motifs is 1. The maximum Gasteiger partial charge on any atom is 0.258 e. The van der Waals surface area contributed by atoms with E-state index in [0.717, 1.165) is 5.56 Å². The number of carbonyl (C=O) groups excluding carboxylic acids is 2. The molecule has 0 bridgehead atoms. The number of hydrogen-bond donors (Lipinski definition) is 0. The molecule has 0 radical (unpaired) electrons. The quantitative estimate of drug-likeness (QED) is 0.668. The highest BCUT2D eigenvalue weighted by atomic mass is 35.5. The number of hydrogen-bond acceptors (Lipinski definition) is 4. The lowest BCUT2D eigenvalue weighted by Gasteiger charge is -2.28. The highest BCUT2D eigenvalue weighted by Gasteiger charge is 2.26. The summed E-state index contributed by atoms with van der Waals surface area (Å²) >= 11 is 6.01. The molecule has 0 fully saturated rings. The van der Waals surface area contributed by atoms with E-state index in [1.807, 2.05) is 6.07 Å². The van der Waals surface area contributed by atoms with Crippen LogP contribution in [0.3, 0.4) is 0 Å². The SMILES string of the molecule is Cn1ccnc1C(=O)c1cncc(N2CCc3cc(Cl)ccc3C2=O)c1. The number of imidazole rings is 1. The number of benzene rings is 1. The highest BCUT2D eigenvalue weighted by molar-refractivity contribution is 6.30. The smallest absolute Gasteiger partial charge is 0.258 e.